The highest BCUT2D eigenvalue weighted by atomic mass is 32.1. The van der Waals surface area contributed by atoms with Crippen molar-refractivity contribution in [1.82, 2.24) is 10.3 Å². The zero-order chi connectivity index (χ0) is 20.9. The predicted octanol–water partition coefficient (Wildman–Crippen LogP) is 4.14. The third-order valence-corrected chi connectivity index (χ3v) is 6.22. The Bertz CT molecular complexity index is 1050. The number of thiazole rings is 1. The van der Waals surface area contributed by atoms with Crippen molar-refractivity contribution in [3.8, 4) is 5.75 Å². The van der Waals surface area contributed by atoms with Gasteiger partial charge in [0.15, 0.2) is 5.13 Å². The molecule has 1 aromatic heterocycles. The number of aromatic nitrogens is 1. The second-order valence-electron chi connectivity index (χ2n) is 7.12. The van der Waals surface area contributed by atoms with Gasteiger partial charge in [-0.25, -0.2) is 4.98 Å². The van der Waals surface area contributed by atoms with Crippen LogP contribution in [0.15, 0.2) is 54.6 Å². The monoisotopic (exact) mass is 421 g/mol. The molecule has 0 bridgehead atoms. The predicted molar refractivity (Wildman–Crippen MR) is 117 cm³/mol. The van der Waals surface area contributed by atoms with Crippen molar-refractivity contribution in [2.24, 2.45) is 0 Å². The first kappa shape index (κ1) is 20.1. The van der Waals surface area contributed by atoms with Crippen LogP contribution in [0.25, 0.3) is 0 Å². The molecule has 0 spiro atoms. The summed E-state index contributed by atoms with van der Waals surface area (Å²) >= 11 is 1.46. The van der Waals surface area contributed by atoms with E-state index in [-0.39, 0.29) is 17.7 Å². The number of methoxy groups -OCH3 is 1. The lowest BCUT2D eigenvalue weighted by atomic mass is 9.90. The minimum atomic E-state index is -0.304. The van der Waals surface area contributed by atoms with Gasteiger partial charge in [-0.2, -0.15) is 0 Å². The van der Waals surface area contributed by atoms with E-state index in [1.165, 1.54) is 11.3 Å². The molecule has 0 unspecified atom stereocenters. The molecule has 4 rings (SSSR count). The zero-order valence-corrected chi connectivity index (χ0v) is 17.5. The maximum atomic E-state index is 12.9. The minimum absolute atomic E-state index is 0.0481. The molecule has 0 aliphatic heterocycles. The van der Waals surface area contributed by atoms with Crippen LogP contribution < -0.4 is 15.4 Å². The fourth-order valence-electron chi connectivity index (χ4n) is 3.64. The summed E-state index contributed by atoms with van der Waals surface area (Å²) in [5.74, 6) is 0.204. The van der Waals surface area contributed by atoms with Gasteiger partial charge in [0.25, 0.3) is 5.91 Å². The van der Waals surface area contributed by atoms with Crippen molar-refractivity contribution < 1.29 is 14.3 Å². The molecule has 1 atom stereocenters. The largest absolute Gasteiger partial charge is 0.496 e. The molecule has 2 N–H and O–H groups in total. The van der Waals surface area contributed by atoms with Crippen LogP contribution in [-0.4, -0.2) is 23.9 Å². The summed E-state index contributed by atoms with van der Waals surface area (Å²) in [4.78, 5) is 31.0. The smallest absolute Gasteiger partial charge is 0.257 e. The third-order valence-electron chi connectivity index (χ3n) is 5.17. The summed E-state index contributed by atoms with van der Waals surface area (Å²) in [7, 11) is 1.62. The first-order chi connectivity index (χ1) is 14.7. The Morgan fingerprint density at radius 2 is 1.90 bits per heavy atom. The fraction of sp³-hybridized carbons (Fsp3) is 0.261. The molecule has 154 valence electrons. The molecule has 2 aromatic carbocycles. The van der Waals surface area contributed by atoms with Crippen LogP contribution in [0, 0.1) is 0 Å². The molecule has 6 nitrogen and oxygen atoms in total. The summed E-state index contributed by atoms with van der Waals surface area (Å²) in [6.45, 7) is 0.399. The SMILES string of the molecule is COc1ccccc1CNC(=O)[C@H]1CCCc2sc(NC(=O)c3ccccc3)nc21. The standard InChI is InChI=1S/C23H23N3O3S/c1-29-18-12-6-5-10-16(18)14-24-22(28)17-11-7-13-19-20(17)25-23(30-19)26-21(27)15-8-3-2-4-9-15/h2-6,8-10,12,17H,7,11,13-14H2,1H3,(H,24,28)(H,25,26,27)/t17-/m0/s1. The van der Waals surface area contributed by atoms with Gasteiger partial charge in [0.05, 0.1) is 18.7 Å². The van der Waals surface area contributed by atoms with E-state index in [0.717, 1.165) is 41.1 Å². The van der Waals surface area contributed by atoms with E-state index in [4.69, 9.17) is 4.74 Å². The Hall–Kier alpha value is -3.19. The van der Waals surface area contributed by atoms with Crippen molar-refractivity contribution in [3.63, 3.8) is 0 Å². The lowest BCUT2D eigenvalue weighted by Gasteiger charge is -2.20. The van der Waals surface area contributed by atoms with Gasteiger partial charge in [-0.1, -0.05) is 36.4 Å². The van der Waals surface area contributed by atoms with Crippen LogP contribution in [0.3, 0.4) is 0 Å². The number of carbonyl (C=O) groups is 2. The van der Waals surface area contributed by atoms with E-state index in [1.54, 1.807) is 19.2 Å². The molecule has 1 heterocycles. The Morgan fingerprint density at radius 1 is 1.13 bits per heavy atom. The Balaban J connectivity index is 1.45. The van der Waals surface area contributed by atoms with Crippen LogP contribution in [0.1, 0.15) is 45.3 Å². The second kappa shape index (κ2) is 9.09. The number of carbonyl (C=O) groups excluding carboxylic acids is 2. The summed E-state index contributed by atoms with van der Waals surface area (Å²) in [5, 5.41) is 6.43. The number of fused-ring (bicyclic) bond motifs is 1. The Labute approximate surface area is 179 Å². The fourth-order valence-corrected chi connectivity index (χ4v) is 4.70. The molecular formula is C23H23N3O3S. The highest BCUT2D eigenvalue weighted by molar-refractivity contribution is 7.16. The number of rotatable bonds is 6. The summed E-state index contributed by atoms with van der Waals surface area (Å²) in [6, 6.07) is 16.7. The number of hydrogen-bond acceptors (Lipinski definition) is 5. The van der Waals surface area contributed by atoms with E-state index < -0.39 is 0 Å². The van der Waals surface area contributed by atoms with Gasteiger partial charge in [-0.15, -0.1) is 11.3 Å². The van der Waals surface area contributed by atoms with Gasteiger partial charge < -0.3 is 10.1 Å². The lowest BCUT2D eigenvalue weighted by molar-refractivity contribution is -0.123. The molecule has 7 heteroatoms. The van der Waals surface area contributed by atoms with Crippen molar-refractivity contribution in [2.75, 3.05) is 12.4 Å². The van der Waals surface area contributed by atoms with Gasteiger partial charge >= 0.3 is 0 Å². The number of nitrogens with one attached hydrogen (secondary N) is 2. The van der Waals surface area contributed by atoms with Crippen LogP contribution in [0.4, 0.5) is 5.13 Å². The molecule has 1 aliphatic carbocycles. The Morgan fingerprint density at radius 3 is 2.70 bits per heavy atom. The number of amides is 2. The first-order valence-electron chi connectivity index (χ1n) is 9.91. The summed E-state index contributed by atoms with van der Waals surface area (Å²) < 4.78 is 5.35. The van der Waals surface area contributed by atoms with Gasteiger partial charge in [0.2, 0.25) is 5.91 Å². The molecule has 0 radical (unpaired) electrons. The molecule has 2 amide bonds. The number of para-hydroxylation sites is 1. The van der Waals surface area contributed by atoms with Crippen LogP contribution in [-0.2, 0) is 17.8 Å². The highest BCUT2D eigenvalue weighted by Crippen LogP contribution is 2.37. The number of hydrogen-bond donors (Lipinski definition) is 2. The van der Waals surface area contributed by atoms with Crippen molar-refractivity contribution in [2.45, 2.75) is 31.7 Å². The molecule has 3 aromatic rings. The second-order valence-corrected chi connectivity index (χ2v) is 8.21. The van der Waals surface area contributed by atoms with E-state index >= 15 is 0 Å². The summed E-state index contributed by atoms with van der Waals surface area (Å²) in [5.41, 5.74) is 2.29. The molecule has 30 heavy (non-hydrogen) atoms. The van der Waals surface area contributed by atoms with E-state index in [9.17, 15) is 9.59 Å². The summed E-state index contributed by atoms with van der Waals surface area (Å²) in [6.07, 6.45) is 2.55. The third kappa shape index (κ3) is 4.36. The molecular weight excluding hydrogens is 398 g/mol. The van der Waals surface area contributed by atoms with Gasteiger partial charge in [0, 0.05) is 22.5 Å². The maximum absolute atomic E-state index is 12.9. The Kier molecular flexibility index (Phi) is 6.09. The van der Waals surface area contributed by atoms with Crippen molar-refractivity contribution in [1.29, 1.82) is 0 Å². The average molecular weight is 422 g/mol. The average Bonchev–Trinajstić information content (AvgIpc) is 3.20. The minimum Gasteiger partial charge on any atom is -0.496 e. The molecule has 0 saturated heterocycles. The number of anilines is 1. The lowest BCUT2D eigenvalue weighted by Crippen LogP contribution is -2.31. The van der Waals surface area contributed by atoms with Gasteiger partial charge in [0.1, 0.15) is 5.75 Å². The van der Waals surface area contributed by atoms with Crippen LogP contribution >= 0.6 is 11.3 Å². The number of nitrogens with zero attached hydrogens (tertiary/aromatic N) is 1. The zero-order valence-electron chi connectivity index (χ0n) is 16.7. The normalized spacial score (nSPS) is 15.2. The topological polar surface area (TPSA) is 80.3 Å². The highest BCUT2D eigenvalue weighted by Gasteiger charge is 2.30. The number of ether oxygens (including phenoxy) is 1. The molecule has 1 aliphatic rings. The van der Waals surface area contributed by atoms with Crippen molar-refractivity contribution in [3.05, 3.63) is 76.3 Å². The van der Waals surface area contributed by atoms with E-state index in [2.05, 4.69) is 15.6 Å². The van der Waals surface area contributed by atoms with Gasteiger partial charge in [-0.3, -0.25) is 14.9 Å². The van der Waals surface area contributed by atoms with E-state index in [1.807, 2.05) is 42.5 Å². The molecule has 0 saturated carbocycles. The number of benzene rings is 2. The van der Waals surface area contributed by atoms with E-state index in [0.29, 0.717) is 17.2 Å². The first-order valence-corrected chi connectivity index (χ1v) is 10.7. The maximum Gasteiger partial charge on any atom is 0.257 e. The molecule has 0 fully saturated rings. The van der Waals surface area contributed by atoms with Crippen LogP contribution in [0.5, 0.6) is 5.75 Å². The quantitative estimate of drug-likeness (QED) is 0.627. The van der Waals surface area contributed by atoms with Crippen molar-refractivity contribution >= 4 is 28.3 Å². The number of aryl methyl sites for hydroxylation is 1. The van der Waals surface area contributed by atoms with Crippen LogP contribution in [0.2, 0.25) is 0 Å². The van der Waals surface area contributed by atoms with Gasteiger partial charge in [-0.05, 0) is 37.5 Å².